The van der Waals surface area contributed by atoms with Crippen molar-refractivity contribution in [3.8, 4) is 0 Å². The Balaban J connectivity index is 1.60. The van der Waals surface area contributed by atoms with Gasteiger partial charge in [0.05, 0.1) is 6.10 Å². The van der Waals surface area contributed by atoms with Gasteiger partial charge in [-0.25, -0.2) is 4.79 Å². The zero-order chi connectivity index (χ0) is 16.9. The van der Waals surface area contributed by atoms with E-state index >= 15 is 0 Å². The standard InChI is InChI=1S/C18H34N2O3/c1-18(2,3)23-17(22)20-9-7-14(8-10-20)12-19-13-15-5-4-6-16(21)11-15/h14-16,19,21H,4-13H2,1-3H3. The quantitative estimate of drug-likeness (QED) is 0.834. The Labute approximate surface area is 140 Å². The molecule has 2 unspecified atom stereocenters. The minimum atomic E-state index is -0.417. The predicted octanol–water partition coefficient (Wildman–Crippen LogP) is 2.77. The highest BCUT2D eigenvalue weighted by Crippen LogP contribution is 2.24. The lowest BCUT2D eigenvalue weighted by Gasteiger charge is -2.34. The van der Waals surface area contributed by atoms with Gasteiger partial charge in [-0.15, -0.1) is 0 Å². The largest absolute Gasteiger partial charge is 0.444 e. The minimum Gasteiger partial charge on any atom is -0.444 e. The Bertz CT molecular complexity index is 373. The molecule has 2 N–H and O–H groups in total. The molecule has 134 valence electrons. The van der Waals surface area contributed by atoms with Crippen LogP contribution in [0.15, 0.2) is 0 Å². The molecule has 0 spiro atoms. The number of aliphatic hydroxyl groups excluding tert-OH is 1. The number of carbonyl (C=O) groups excluding carboxylic acids is 1. The van der Waals surface area contributed by atoms with Gasteiger partial charge in [-0.1, -0.05) is 6.42 Å². The number of nitrogens with zero attached hydrogens (tertiary/aromatic N) is 1. The molecule has 2 fully saturated rings. The van der Waals surface area contributed by atoms with Crippen LogP contribution >= 0.6 is 0 Å². The van der Waals surface area contributed by atoms with Crippen molar-refractivity contribution in [2.45, 2.75) is 71.0 Å². The Kier molecular flexibility index (Phi) is 6.72. The SMILES string of the molecule is CC(C)(C)OC(=O)N1CCC(CNCC2CCCC(O)C2)CC1. The summed E-state index contributed by atoms with van der Waals surface area (Å²) in [5.41, 5.74) is -0.417. The van der Waals surface area contributed by atoms with Crippen molar-refractivity contribution in [1.29, 1.82) is 0 Å². The number of nitrogens with one attached hydrogen (secondary N) is 1. The van der Waals surface area contributed by atoms with E-state index in [1.54, 1.807) is 0 Å². The first-order chi connectivity index (χ1) is 10.8. The van der Waals surface area contributed by atoms with Crippen LogP contribution in [0.1, 0.15) is 59.3 Å². The zero-order valence-electron chi connectivity index (χ0n) is 15.0. The molecule has 0 aromatic heterocycles. The minimum absolute atomic E-state index is 0.0902. The van der Waals surface area contributed by atoms with Gasteiger partial charge in [-0.3, -0.25) is 0 Å². The van der Waals surface area contributed by atoms with Gasteiger partial charge in [0, 0.05) is 13.1 Å². The molecule has 23 heavy (non-hydrogen) atoms. The van der Waals surface area contributed by atoms with Crippen molar-refractivity contribution in [3.63, 3.8) is 0 Å². The van der Waals surface area contributed by atoms with Gasteiger partial charge < -0.3 is 20.1 Å². The topological polar surface area (TPSA) is 61.8 Å². The monoisotopic (exact) mass is 326 g/mol. The number of hydrogen-bond acceptors (Lipinski definition) is 4. The summed E-state index contributed by atoms with van der Waals surface area (Å²) in [5.74, 6) is 1.27. The summed E-state index contributed by atoms with van der Waals surface area (Å²) in [6, 6.07) is 0. The Hall–Kier alpha value is -0.810. The summed E-state index contributed by atoms with van der Waals surface area (Å²) in [6.45, 7) is 9.35. The average Bonchev–Trinajstić information content (AvgIpc) is 2.46. The van der Waals surface area contributed by atoms with E-state index in [9.17, 15) is 9.90 Å². The molecule has 5 nitrogen and oxygen atoms in total. The van der Waals surface area contributed by atoms with Crippen LogP contribution in [0, 0.1) is 11.8 Å². The smallest absolute Gasteiger partial charge is 0.410 e. The fraction of sp³-hybridized carbons (Fsp3) is 0.944. The summed E-state index contributed by atoms with van der Waals surface area (Å²) in [5, 5.41) is 13.3. The molecule has 0 bridgehead atoms. The van der Waals surface area contributed by atoms with Crippen LogP contribution < -0.4 is 5.32 Å². The maximum Gasteiger partial charge on any atom is 0.410 e. The van der Waals surface area contributed by atoms with Crippen LogP contribution in [0.25, 0.3) is 0 Å². The Morgan fingerprint density at radius 3 is 2.39 bits per heavy atom. The van der Waals surface area contributed by atoms with E-state index in [1.807, 2.05) is 25.7 Å². The third-order valence-corrected chi connectivity index (χ3v) is 4.89. The number of ether oxygens (including phenoxy) is 1. The van der Waals surface area contributed by atoms with Crippen LogP contribution in [0.4, 0.5) is 4.79 Å². The first-order valence-electron chi connectivity index (χ1n) is 9.20. The molecule has 2 aliphatic rings. The first-order valence-corrected chi connectivity index (χ1v) is 9.20. The van der Waals surface area contributed by atoms with E-state index in [0.29, 0.717) is 11.8 Å². The number of aliphatic hydroxyl groups is 1. The maximum absolute atomic E-state index is 12.0. The Morgan fingerprint density at radius 2 is 1.78 bits per heavy atom. The third kappa shape index (κ3) is 6.68. The third-order valence-electron chi connectivity index (χ3n) is 4.89. The van der Waals surface area contributed by atoms with Crippen molar-refractivity contribution in [1.82, 2.24) is 10.2 Å². The van der Waals surface area contributed by atoms with Crippen LogP contribution in [-0.2, 0) is 4.74 Å². The van der Waals surface area contributed by atoms with Gasteiger partial charge >= 0.3 is 6.09 Å². The van der Waals surface area contributed by atoms with Gasteiger partial charge in [0.1, 0.15) is 5.60 Å². The number of likely N-dealkylation sites (tertiary alicyclic amines) is 1. The van der Waals surface area contributed by atoms with Crippen molar-refractivity contribution in [2.24, 2.45) is 11.8 Å². The van der Waals surface area contributed by atoms with E-state index in [4.69, 9.17) is 4.74 Å². The molecular formula is C18H34N2O3. The van der Waals surface area contributed by atoms with Crippen molar-refractivity contribution in [3.05, 3.63) is 0 Å². The summed E-state index contributed by atoms with van der Waals surface area (Å²) in [4.78, 5) is 13.9. The van der Waals surface area contributed by atoms with E-state index in [-0.39, 0.29) is 12.2 Å². The van der Waals surface area contributed by atoms with Crippen LogP contribution in [-0.4, -0.2) is 54.0 Å². The molecule has 0 aromatic carbocycles. The second-order valence-electron chi connectivity index (χ2n) is 8.26. The van der Waals surface area contributed by atoms with Crippen molar-refractivity contribution in [2.75, 3.05) is 26.2 Å². The van der Waals surface area contributed by atoms with Gasteiger partial charge in [-0.05, 0) is 77.8 Å². The fourth-order valence-corrected chi connectivity index (χ4v) is 3.59. The predicted molar refractivity (Wildman–Crippen MR) is 91.4 cm³/mol. The van der Waals surface area contributed by atoms with Crippen LogP contribution in [0.2, 0.25) is 0 Å². The van der Waals surface area contributed by atoms with Gasteiger partial charge in [-0.2, -0.15) is 0 Å². The summed E-state index contributed by atoms with van der Waals surface area (Å²) in [6.07, 6.45) is 6.12. The van der Waals surface area contributed by atoms with E-state index in [2.05, 4.69) is 5.32 Å². The molecule has 0 aromatic rings. The van der Waals surface area contributed by atoms with Crippen LogP contribution in [0.5, 0.6) is 0 Å². The number of rotatable bonds is 4. The van der Waals surface area contributed by atoms with Crippen molar-refractivity contribution >= 4 is 6.09 Å². The molecule has 2 rings (SSSR count). The second-order valence-corrected chi connectivity index (χ2v) is 8.26. The van der Waals surface area contributed by atoms with E-state index in [0.717, 1.165) is 58.3 Å². The molecule has 0 radical (unpaired) electrons. The molecule has 1 aliphatic heterocycles. The summed E-state index contributed by atoms with van der Waals surface area (Å²) < 4.78 is 5.43. The molecule has 1 amide bonds. The molecule has 2 atom stereocenters. The Morgan fingerprint density at radius 1 is 1.13 bits per heavy atom. The van der Waals surface area contributed by atoms with Crippen LogP contribution in [0.3, 0.4) is 0 Å². The number of piperidine rings is 1. The molecule has 1 saturated carbocycles. The lowest BCUT2D eigenvalue weighted by molar-refractivity contribution is 0.0183. The fourth-order valence-electron chi connectivity index (χ4n) is 3.59. The maximum atomic E-state index is 12.0. The lowest BCUT2D eigenvalue weighted by Crippen LogP contribution is -2.43. The first kappa shape index (κ1) is 18.5. The summed E-state index contributed by atoms with van der Waals surface area (Å²) >= 11 is 0. The summed E-state index contributed by atoms with van der Waals surface area (Å²) in [7, 11) is 0. The molecule has 1 heterocycles. The molecule has 1 saturated heterocycles. The van der Waals surface area contributed by atoms with E-state index < -0.39 is 5.60 Å². The van der Waals surface area contributed by atoms with Gasteiger partial charge in [0.15, 0.2) is 0 Å². The lowest BCUT2D eigenvalue weighted by atomic mass is 9.87. The molecular weight excluding hydrogens is 292 g/mol. The molecule has 1 aliphatic carbocycles. The average molecular weight is 326 g/mol. The number of amides is 1. The van der Waals surface area contributed by atoms with Gasteiger partial charge in [0.2, 0.25) is 0 Å². The highest BCUT2D eigenvalue weighted by atomic mass is 16.6. The number of carbonyl (C=O) groups is 1. The van der Waals surface area contributed by atoms with E-state index in [1.165, 1.54) is 6.42 Å². The highest BCUT2D eigenvalue weighted by Gasteiger charge is 2.27. The van der Waals surface area contributed by atoms with Gasteiger partial charge in [0.25, 0.3) is 0 Å². The molecule has 5 heteroatoms. The zero-order valence-corrected chi connectivity index (χ0v) is 15.0. The highest BCUT2D eigenvalue weighted by molar-refractivity contribution is 5.68. The normalized spacial score (nSPS) is 27.0. The second kappa shape index (κ2) is 8.34. The number of hydrogen-bond donors (Lipinski definition) is 2. The van der Waals surface area contributed by atoms with Crippen molar-refractivity contribution < 1.29 is 14.6 Å².